The number of hydrazine groups is 1. The van der Waals surface area contributed by atoms with Crippen LogP contribution in [0.1, 0.15) is 6.42 Å². The molecular weight excluding hydrogens is 240 g/mol. The summed E-state index contributed by atoms with van der Waals surface area (Å²) in [5.74, 6) is 7.28. The second-order valence-corrected chi connectivity index (χ2v) is 6.43. The molecule has 2 rings (SSSR count). The van der Waals surface area contributed by atoms with Gasteiger partial charge in [-0.3, -0.25) is 0 Å². The second kappa shape index (κ2) is 4.89. The molecule has 2 heterocycles. The summed E-state index contributed by atoms with van der Waals surface area (Å²) < 4.78 is 22.6. The number of nitrogen functional groups attached to an aromatic ring is 1. The van der Waals surface area contributed by atoms with Crippen molar-refractivity contribution in [2.45, 2.75) is 6.42 Å². The summed E-state index contributed by atoms with van der Waals surface area (Å²) in [6.07, 6.45) is 0.726. The van der Waals surface area contributed by atoms with E-state index in [1.54, 1.807) is 6.07 Å². The number of aromatic nitrogens is 1. The zero-order valence-electron chi connectivity index (χ0n) is 9.39. The van der Waals surface area contributed by atoms with E-state index in [4.69, 9.17) is 5.84 Å². The van der Waals surface area contributed by atoms with Crippen molar-refractivity contribution in [1.82, 2.24) is 4.98 Å². The van der Waals surface area contributed by atoms with Gasteiger partial charge in [0.05, 0.1) is 11.5 Å². The number of hydrogen-bond acceptors (Lipinski definition) is 6. The molecule has 1 aliphatic rings. The van der Waals surface area contributed by atoms with Gasteiger partial charge in [0, 0.05) is 6.54 Å². The lowest BCUT2D eigenvalue weighted by atomic mass is 10.1. The average Bonchev–Trinajstić information content (AvgIpc) is 2.67. The summed E-state index contributed by atoms with van der Waals surface area (Å²) in [5, 5.41) is 3.13. The first-order valence-corrected chi connectivity index (χ1v) is 7.29. The van der Waals surface area contributed by atoms with Gasteiger partial charge >= 0.3 is 0 Å². The molecule has 1 saturated heterocycles. The summed E-state index contributed by atoms with van der Waals surface area (Å²) >= 11 is 0. The van der Waals surface area contributed by atoms with Gasteiger partial charge in [-0.15, -0.1) is 0 Å². The maximum atomic E-state index is 11.3. The molecule has 1 fully saturated rings. The summed E-state index contributed by atoms with van der Waals surface area (Å²) in [7, 11) is -2.81. The van der Waals surface area contributed by atoms with Gasteiger partial charge in [-0.05, 0) is 24.5 Å². The lowest BCUT2D eigenvalue weighted by Crippen LogP contribution is -2.17. The molecule has 1 aromatic rings. The first-order valence-electron chi connectivity index (χ1n) is 5.47. The average molecular weight is 256 g/mol. The van der Waals surface area contributed by atoms with E-state index in [9.17, 15) is 8.42 Å². The zero-order chi connectivity index (χ0) is 12.3. The van der Waals surface area contributed by atoms with Gasteiger partial charge < -0.3 is 10.7 Å². The van der Waals surface area contributed by atoms with E-state index in [-0.39, 0.29) is 11.7 Å². The van der Waals surface area contributed by atoms with Crippen LogP contribution in [0.25, 0.3) is 0 Å². The second-order valence-electron chi connectivity index (χ2n) is 4.20. The van der Waals surface area contributed by atoms with Gasteiger partial charge in [-0.2, -0.15) is 0 Å². The Morgan fingerprint density at radius 2 is 2.18 bits per heavy atom. The van der Waals surface area contributed by atoms with Crippen LogP contribution in [0, 0.1) is 5.92 Å². The SMILES string of the molecule is NNc1cccc(NCC2CCS(=O)(=O)C2)n1. The van der Waals surface area contributed by atoms with Crippen LogP contribution in [0.5, 0.6) is 0 Å². The number of anilines is 2. The molecule has 1 unspecified atom stereocenters. The Kier molecular flexibility index (Phi) is 3.49. The van der Waals surface area contributed by atoms with Gasteiger partial charge in [-0.1, -0.05) is 6.07 Å². The van der Waals surface area contributed by atoms with Crippen LogP contribution in [0.2, 0.25) is 0 Å². The van der Waals surface area contributed by atoms with Crippen LogP contribution in [0.15, 0.2) is 18.2 Å². The van der Waals surface area contributed by atoms with E-state index in [1.165, 1.54) is 0 Å². The first kappa shape index (κ1) is 12.1. The van der Waals surface area contributed by atoms with Crippen LogP contribution in [-0.4, -0.2) is 31.5 Å². The predicted octanol–water partition coefficient (Wildman–Crippen LogP) is 0.214. The summed E-state index contributed by atoms with van der Waals surface area (Å²) in [4.78, 5) is 4.19. The Bertz CT molecular complexity index is 489. The molecule has 0 aliphatic carbocycles. The molecule has 1 aliphatic heterocycles. The molecule has 0 saturated carbocycles. The summed E-state index contributed by atoms with van der Waals surface area (Å²) in [5.41, 5.74) is 2.46. The van der Waals surface area contributed by atoms with E-state index in [0.717, 1.165) is 6.42 Å². The fraction of sp³-hybridized carbons (Fsp3) is 0.500. The van der Waals surface area contributed by atoms with Crippen molar-refractivity contribution in [2.24, 2.45) is 11.8 Å². The van der Waals surface area contributed by atoms with Crippen LogP contribution >= 0.6 is 0 Å². The molecule has 94 valence electrons. The molecule has 0 amide bonds. The minimum absolute atomic E-state index is 0.177. The highest BCUT2D eigenvalue weighted by molar-refractivity contribution is 7.91. The van der Waals surface area contributed by atoms with E-state index in [2.05, 4.69) is 15.7 Å². The zero-order valence-corrected chi connectivity index (χ0v) is 10.2. The Morgan fingerprint density at radius 3 is 2.82 bits per heavy atom. The van der Waals surface area contributed by atoms with Crippen molar-refractivity contribution in [1.29, 1.82) is 0 Å². The van der Waals surface area contributed by atoms with E-state index < -0.39 is 9.84 Å². The van der Waals surface area contributed by atoms with Crippen molar-refractivity contribution in [2.75, 3.05) is 28.8 Å². The minimum atomic E-state index is -2.81. The van der Waals surface area contributed by atoms with Gasteiger partial charge in [-0.25, -0.2) is 19.2 Å². The minimum Gasteiger partial charge on any atom is -0.370 e. The first-order chi connectivity index (χ1) is 8.09. The normalized spacial score (nSPS) is 22.3. The summed E-state index contributed by atoms with van der Waals surface area (Å²) in [6, 6.07) is 5.41. The molecule has 0 spiro atoms. The standard InChI is InChI=1S/C10H16N4O2S/c11-14-10-3-1-2-9(13-10)12-6-8-4-5-17(15,16)7-8/h1-3,8H,4-7,11H2,(H2,12,13,14). The molecule has 7 heteroatoms. The third-order valence-electron chi connectivity index (χ3n) is 2.80. The Morgan fingerprint density at radius 1 is 1.41 bits per heavy atom. The quantitative estimate of drug-likeness (QED) is 0.526. The maximum Gasteiger partial charge on any atom is 0.150 e. The van der Waals surface area contributed by atoms with Crippen LogP contribution < -0.4 is 16.6 Å². The summed E-state index contributed by atoms with van der Waals surface area (Å²) in [6.45, 7) is 0.625. The van der Waals surface area contributed by atoms with Gasteiger partial charge in [0.25, 0.3) is 0 Å². The maximum absolute atomic E-state index is 11.3. The van der Waals surface area contributed by atoms with E-state index in [0.29, 0.717) is 23.9 Å². The molecule has 1 atom stereocenters. The van der Waals surface area contributed by atoms with Crippen LogP contribution in [0.4, 0.5) is 11.6 Å². The Hall–Kier alpha value is -1.34. The predicted molar refractivity (Wildman–Crippen MR) is 67.3 cm³/mol. The molecule has 0 aromatic carbocycles. The highest BCUT2D eigenvalue weighted by Crippen LogP contribution is 2.19. The molecule has 17 heavy (non-hydrogen) atoms. The third kappa shape index (κ3) is 3.31. The van der Waals surface area contributed by atoms with Gasteiger partial charge in [0.2, 0.25) is 0 Å². The van der Waals surface area contributed by atoms with Crippen molar-refractivity contribution in [3.63, 3.8) is 0 Å². The highest BCUT2D eigenvalue weighted by Gasteiger charge is 2.27. The van der Waals surface area contributed by atoms with Crippen LogP contribution in [-0.2, 0) is 9.84 Å². The number of hydrogen-bond donors (Lipinski definition) is 3. The lowest BCUT2D eigenvalue weighted by Gasteiger charge is -2.10. The Balaban J connectivity index is 1.90. The number of nitrogens with two attached hydrogens (primary N) is 1. The number of nitrogens with one attached hydrogen (secondary N) is 2. The molecule has 6 nitrogen and oxygen atoms in total. The Labute approximate surface area is 101 Å². The lowest BCUT2D eigenvalue weighted by molar-refractivity contribution is 0.595. The highest BCUT2D eigenvalue weighted by atomic mass is 32.2. The molecule has 0 bridgehead atoms. The molecule has 1 aromatic heterocycles. The number of pyridine rings is 1. The van der Waals surface area contributed by atoms with E-state index in [1.807, 2.05) is 12.1 Å². The van der Waals surface area contributed by atoms with Gasteiger partial charge in [0.1, 0.15) is 11.6 Å². The number of rotatable bonds is 4. The largest absolute Gasteiger partial charge is 0.370 e. The van der Waals surface area contributed by atoms with Crippen molar-refractivity contribution in [3.8, 4) is 0 Å². The smallest absolute Gasteiger partial charge is 0.150 e. The monoisotopic (exact) mass is 256 g/mol. The third-order valence-corrected chi connectivity index (χ3v) is 4.63. The number of sulfone groups is 1. The van der Waals surface area contributed by atoms with Crippen molar-refractivity contribution >= 4 is 21.5 Å². The topological polar surface area (TPSA) is 97.1 Å². The van der Waals surface area contributed by atoms with Crippen LogP contribution in [0.3, 0.4) is 0 Å². The number of nitrogens with zero attached hydrogens (tertiary/aromatic N) is 1. The van der Waals surface area contributed by atoms with E-state index >= 15 is 0 Å². The molecule has 0 radical (unpaired) electrons. The fourth-order valence-corrected chi connectivity index (χ4v) is 3.76. The van der Waals surface area contributed by atoms with Gasteiger partial charge in [0.15, 0.2) is 9.84 Å². The van der Waals surface area contributed by atoms with Crippen molar-refractivity contribution in [3.05, 3.63) is 18.2 Å². The fourth-order valence-electron chi connectivity index (χ4n) is 1.90. The van der Waals surface area contributed by atoms with Crippen molar-refractivity contribution < 1.29 is 8.42 Å². The molecule has 4 N–H and O–H groups in total. The molecular formula is C10H16N4O2S.